The van der Waals surface area contributed by atoms with Crippen LogP contribution < -0.4 is 5.32 Å². The molecule has 5 nitrogen and oxygen atoms in total. The summed E-state index contributed by atoms with van der Waals surface area (Å²) >= 11 is 1.58. The minimum Gasteiger partial charge on any atom is -0.320 e. The van der Waals surface area contributed by atoms with Crippen molar-refractivity contribution in [3.05, 3.63) is 66.5 Å². The highest BCUT2D eigenvalue weighted by Crippen LogP contribution is 2.24. The molecule has 1 N–H and O–H groups in total. The van der Waals surface area contributed by atoms with Crippen molar-refractivity contribution in [1.82, 2.24) is 15.0 Å². The SMILES string of the molecule is CSc1ccccc1NC(=O)c1cnn(-c2ccccc2)n1. The predicted octanol–water partition coefficient (Wildman–Crippen LogP) is 3.24. The molecule has 110 valence electrons. The third-order valence-electron chi connectivity index (χ3n) is 3.07. The molecule has 2 aromatic carbocycles. The molecule has 1 heterocycles. The van der Waals surface area contributed by atoms with Crippen LogP contribution in [0.3, 0.4) is 0 Å². The summed E-state index contributed by atoms with van der Waals surface area (Å²) < 4.78 is 0. The molecule has 1 amide bonds. The summed E-state index contributed by atoms with van der Waals surface area (Å²) in [4.78, 5) is 14.7. The molecule has 0 saturated carbocycles. The minimum atomic E-state index is -0.274. The first-order valence-electron chi connectivity index (χ1n) is 6.70. The van der Waals surface area contributed by atoms with Crippen LogP contribution in [0.1, 0.15) is 10.5 Å². The highest BCUT2D eigenvalue weighted by atomic mass is 32.2. The summed E-state index contributed by atoms with van der Waals surface area (Å²) in [5.41, 5.74) is 1.86. The van der Waals surface area contributed by atoms with Crippen LogP contribution in [0, 0.1) is 0 Å². The number of hydrogen-bond acceptors (Lipinski definition) is 4. The summed E-state index contributed by atoms with van der Waals surface area (Å²) in [6.45, 7) is 0. The standard InChI is InChI=1S/C16H14N4OS/c1-22-15-10-6-5-9-13(15)18-16(21)14-11-17-20(19-14)12-7-3-2-4-8-12/h2-11H,1H3,(H,18,21). The lowest BCUT2D eigenvalue weighted by molar-refractivity contribution is 0.102. The first-order chi connectivity index (χ1) is 10.8. The molecular formula is C16H14N4OS. The third-order valence-corrected chi connectivity index (χ3v) is 3.86. The Bertz CT molecular complexity index is 786. The Morgan fingerprint density at radius 3 is 2.59 bits per heavy atom. The second-order valence-corrected chi connectivity index (χ2v) is 5.36. The Balaban J connectivity index is 1.80. The number of hydrogen-bond donors (Lipinski definition) is 1. The van der Waals surface area contributed by atoms with Crippen molar-refractivity contribution in [2.75, 3.05) is 11.6 Å². The largest absolute Gasteiger partial charge is 0.320 e. The second-order valence-electron chi connectivity index (χ2n) is 4.51. The Hall–Kier alpha value is -2.60. The molecule has 0 spiro atoms. The van der Waals surface area contributed by atoms with Crippen LogP contribution in [0.5, 0.6) is 0 Å². The molecule has 3 aromatic rings. The molecule has 1 aromatic heterocycles. The van der Waals surface area contributed by atoms with Crippen LogP contribution >= 0.6 is 11.8 Å². The van der Waals surface area contributed by atoms with Crippen molar-refractivity contribution in [3.8, 4) is 5.69 Å². The van der Waals surface area contributed by atoms with E-state index in [-0.39, 0.29) is 11.6 Å². The van der Waals surface area contributed by atoms with Gasteiger partial charge in [0.05, 0.1) is 17.6 Å². The zero-order chi connectivity index (χ0) is 15.4. The van der Waals surface area contributed by atoms with Gasteiger partial charge in [0.2, 0.25) is 0 Å². The fourth-order valence-corrected chi connectivity index (χ4v) is 2.54. The van der Waals surface area contributed by atoms with Gasteiger partial charge in [-0.25, -0.2) is 0 Å². The number of benzene rings is 2. The van der Waals surface area contributed by atoms with E-state index in [0.29, 0.717) is 0 Å². The zero-order valence-electron chi connectivity index (χ0n) is 11.9. The van der Waals surface area contributed by atoms with Crippen LogP contribution in [0.25, 0.3) is 5.69 Å². The minimum absolute atomic E-state index is 0.274. The number of carbonyl (C=O) groups excluding carboxylic acids is 1. The van der Waals surface area contributed by atoms with Gasteiger partial charge in [0.15, 0.2) is 5.69 Å². The van der Waals surface area contributed by atoms with E-state index in [1.165, 1.54) is 11.0 Å². The fraction of sp³-hybridized carbons (Fsp3) is 0.0625. The van der Waals surface area contributed by atoms with E-state index in [4.69, 9.17) is 0 Å². The van der Waals surface area contributed by atoms with Crippen LogP contribution in [0.15, 0.2) is 65.7 Å². The van der Waals surface area contributed by atoms with Gasteiger partial charge >= 0.3 is 0 Å². The number of rotatable bonds is 4. The monoisotopic (exact) mass is 310 g/mol. The van der Waals surface area contributed by atoms with Crippen molar-refractivity contribution >= 4 is 23.4 Å². The van der Waals surface area contributed by atoms with E-state index in [9.17, 15) is 4.79 Å². The molecule has 0 aliphatic rings. The number of carbonyl (C=O) groups is 1. The van der Waals surface area contributed by atoms with Crippen LogP contribution in [-0.4, -0.2) is 27.2 Å². The molecule has 3 rings (SSSR count). The number of para-hydroxylation sites is 2. The molecule has 0 unspecified atom stereocenters. The lowest BCUT2D eigenvalue weighted by Crippen LogP contribution is -2.13. The summed E-state index contributed by atoms with van der Waals surface area (Å²) in [6, 6.07) is 17.1. The lowest BCUT2D eigenvalue weighted by Gasteiger charge is -2.07. The van der Waals surface area contributed by atoms with Crippen molar-refractivity contribution in [1.29, 1.82) is 0 Å². The second kappa shape index (κ2) is 6.44. The van der Waals surface area contributed by atoms with E-state index in [2.05, 4.69) is 15.5 Å². The highest BCUT2D eigenvalue weighted by molar-refractivity contribution is 7.98. The highest BCUT2D eigenvalue weighted by Gasteiger charge is 2.13. The van der Waals surface area contributed by atoms with Crippen LogP contribution in [0.2, 0.25) is 0 Å². The van der Waals surface area contributed by atoms with Gasteiger partial charge in [-0.1, -0.05) is 30.3 Å². The molecule has 0 fully saturated rings. The van der Waals surface area contributed by atoms with E-state index < -0.39 is 0 Å². The third kappa shape index (κ3) is 3.01. The normalized spacial score (nSPS) is 10.4. The molecule has 6 heteroatoms. The molecule has 0 aliphatic heterocycles. The maximum Gasteiger partial charge on any atom is 0.277 e. The summed E-state index contributed by atoms with van der Waals surface area (Å²) in [6.07, 6.45) is 3.43. The average molecular weight is 310 g/mol. The summed E-state index contributed by atoms with van der Waals surface area (Å²) in [5, 5.41) is 11.2. The Morgan fingerprint density at radius 2 is 1.82 bits per heavy atom. The Kier molecular flexibility index (Phi) is 4.20. The van der Waals surface area contributed by atoms with Crippen LogP contribution in [0.4, 0.5) is 5.69 Å². The number of nitrogens with zero attached hydrogens (tertiary/aromatic N) is 3. The molecule has 22 heavy (non-hydrogen) atoms. The predicted molar refractivity (Wildman–Crippen MR) is 87.5 cm³/mol. The molecule has 0 saturated heterocycles. The number of aromatic nitrogens is 3. The van der Waals surface area contributed by atoms with Crippen molar-refractivity contribution in [2.24, 2.45) is 0 Å². The average Bonchev–Trinajstić information content (AvgIpc) is 3.06. The van der Waals surface area contributed by atoms with E-state index in [0.717, 1.165) is 16.3 Å². The number of thioether (sulfide) groups is 1. The quantitative estimate of drug-likeness (QED) is 0.752. The first kappa shape index (κ1) is 14.3. The molecular weight excluding hydrogens is 296 g/mol. The Labute approximate surface area is 132 Å². The van der Waals surface area contributed by atoms with E-state index in [1.807, 2.05) is 60.9 Å². The number of anilines is 1. The van der Waals surface area contributed by atoms with Crippen molar-refractivity contribution < 1.29 is 4.79 Å². The smallest absolute Gasteiger partial charge is 0.277 e. The van der Waals surface area contributed by atoms with E-state index >= 15 is 0 Å². The van der Waals surface area contributed by atoms with Gasteiger partial charge in [0.1, 0.15) is 0 Å². The zero-order valence-corrected chi connectivity index (χ0v) is 12.7. The van der Waals surface area contributed by atoms with Crippen LogP contribution in [-0.2, 0) is 0 Å². The van der Waals surface area contributed by atoms with Gasteiger partial charge in [-0.3, -0.25) is 4.79 Å². The Morgan fingerprint density at radius 1 is 1.09 bits per heavy atom. The molecule has 0 atom stereocenters. The van der Waals surface area contributed by atoms with Gasteiger partial charge in [-0.15, -0.1) is 16.9 Å². The van der Waals surface area contributed by atoms with Gasteiger partial charge in [0.25, 0.3) is 5.91 Å². The summed E-state index contributed by atoms with van der Waals surface area (Å²) in [5.74, 6) is -0.274. The maximum absolute atomic E-state index is 12.3. The summed E-state index contributed by atoms with van der Waals surface area (Å²) in [7, 11) is 0. The number of nitrogens with one attached hydrogen (secondary N) is 1. The molecule has 0 bridgehead atoms. The topological polar surface area (TPSA) is 59.8 Å². The van der Waals surface area contributed by atoms with Gasteiger partial charge in [0, 0.05) is 4.90 Å². The fourth-order valence-electron chi connectivity index (χ4n) is 1.99. The van der Waals surface area contributed by atoms with Crippen molar-refractivity contribution in [3.63, 3.8) is 0 Å². The van der Waals surface area contributed by atoms with Gasteiger partial charge in [-0.2, -0.15) is 9.90 Å². The van der Waals surface area contributed by atoms with Crippen molar-refractivity contribution in [2.45, 2.75) is 4.90 Å². The molecule has 0 aliphatic carbocycles. The van der Waals surface area contributed by atoms with Gasteiger partial charge in [-0.05, 0) is 30.5 Å². The first-order valence-corrected chi connectivity index (χ1v) is 7.92. The lowest BCUT2D eigenvalue weighted by atomic mass is 10.3. The molecule has 0 radical (unpaired) electrons. The van der Waals surface area contributed by atoms with Gasteiger partial charge < -0.3 is 5.32 Å². The number of amides is 1. The van der Waals surface area contributed by atoms with E-state index in [1.54, 1.807) is 11.8 Å². The maximum atomic E-state index is 12.3.